The van der Waals surface area contributed by atoms with Crippen LogP contribution in [0.15, 0.2) is 54.6 Å². The van der Waals surface area contributed by atoms with Crippen LogP contribution in [0.3, 0.4) is 0 Å². The fourth-order valence-electron chi connectivity index (χ4n) is 6.66. The summed E-state index contributed by atoms with van der Waals surface area (Å²) in [6.07, 6.45) is 7.93. The first-order valence-electron chi connectivity index (χ1n) is 11.5. The van der Waals surface area contributed by atoms with Gasteiger partial charge in [-0.2, -0.15) is 0 Å². The van der Waals surface area contributed by atoms with Crippen molar-refractivity contribution < 1.29 is 14.4 Å². The van der Waals surface area contributed by atoms with Crippen LogP contribution >= 0.6 is 0 Å². The van der Waals surface area contributed by atoms with E-state index in [9.17, 15) is 14.4 Å². The summed E-state index contributed by atoms with van der Waals surface area (Å²) in [7, 11) is 0. The fraction of sp³-hybridized carbons (Fsp3) is 0.423. The van der Waals surface area contributed by atoms with Gasteiger partial charge in [-0.15, -0.1) is 0 Å². The highest BCUT2D eigenvalue weighted by molar-refractivity contribution is 6.09. The van der Waals surface area contributed by atoms with Crippen molar-refractivity contribution in [2.24, 2.45) is 23.2 Å². The first-order chi connectivity index (χ1) is 15.5. The Morgan fingerprint density at radius 1 is 0.750 bits per heavy atom. The van der Waals surface area contributed by atoms with Crippen LogP contribution in [0.4, 0.5) is 5.69 Å². The Labute approximate surface area is 188 Å². The third-order valence-electron chi connectivity index (χ3n) is 7.47. The predicted molar refractivity (Wildman–Crippen MR) is 122 cm³/mol. The molecule has 32 heavy (non-hydrogen) atoms. The van der Waals surface area contributed by atoms with Gasteiger partial charge in [-0.3, -0.25) is 25.2 Å². The lowest BCUT2D eigenvalue weighted by Gasteiger charge is -2.56. The van der Waals surface area contributed by atoms with E-state index in [0.29, 0.717) is 23.2 Å². The molecule has 2 aromatic carbocycles. The van der Waals surface area contributed by atoms with Gasteiger partial charge in [0.05, 0.1) is 11.3 Å². The van der Waals surface area contributed by atoms with Crippen LogP contribution in [0.1, 0.15) is 65.7 Å². The molecule has 6 heteroatoms. The normalized spacial score (nSPS) is 27.6. The molecule has 4 aliphatic rings. The lowest BCUT2D eigenvalue weighted by Crippen LogP contribution is -2.50. The Bertz CT molecular complexity index is 998. The summed E-state index contributed by atoms with van der Waals surface area (Å²) in [6.45, 7) is 0. The van der Waals surface area contributed by atoms with Crippen molar-refractivity contribution in [1.29, 1.82) is 0 Å². The Morgan fingerprint density at radius 2 is 1.34 bits per heavy atom. The van der Waals surface area contributed by atoms with Gasteiger partial charge in [0, 0.05) is 12.0 Å². The first-order valence-corrected chi connectivity index (χ1v) is 11.5. The van der Waals surface area contributed by atoms with E-state index in [1.807, 2.05) is 6.07 Å². The molecular formula is C26H29N3O3. The molecule has 4 aliphatic carbocycles. The molecule has 4 bridgehead atoms. The number of carbonyl (C=O) groups is 3. The summed E-state index contributed by atoms with van der Waals surface area (Å²) in [6, 6.07) is 15.6. The maximum Gasteiger partial charge on any atom is 0.271 e. The number of amides is 3. The number of carbonyl (C=O) groups excluding carboxylic acids is 3. The molecule has 0 aromatic heterocycles. The summed E-state index contributed by atoms with van der Waals surface area (Å²) in [5.74, 6) is 1.46. The number of para-hydroxylation sites is 1. The minimum absolute atomic E-state index is 0.116. The molecule has 3 amide bonds. The zero-order valence-electron chi connectivity index (χ0n) is 18.1. The smallest absolute Gasteiger partial charge is 0.271 e. The average Bonchev–Trinajstić information content (AvgIpc) is 2.77. The molecule has 0 atom stereocenters. The van der Waals surface area contributed by atoms with Gasteiger partial charge in [0.2, 0.25) is 5.91 Å². The van der Waals surface area contributed by atoms with Crippen molar-refractivity contribution in [2.45, 2.75) is 44.9 Å². The molecule has 4 saturated carbocycles. The van der Waals surface area contributed by atoms with Crippen LogP contribution in [-0.2, 0) is 4.79 Å². The Morgan fingerprint density at radius 3 is 2.00 bits per heavy atom. The highest BCUT2D eigenvalue weighted by atomic mass is 16.2. The standard InChI is InChI=1S/C26H29N3O3/c30-23(16-26-13-17-10-18(14-26)12-19(11-17)15-26)28-29-25(32)21-8-4-5-9-22(21)27-24(31)20-6-2-1-3-7-20/h1-9,17-19H,10-16H2,(H,27,31)(H,28,30)(H,29,32). The molecule has 0 unspecified atom stereocenters. The summed E-state index contributed by atoms with van der Waals surface area (Å²) in [5.41, 5.74) is 6.48. The molecule has 0 spiro atoms. The topological polar surface area (TPSA) is 87.3 Å². The summed E-state index contributed by atoms with van der Waals surface area (Å²) >= 11 is 0. The van der Waals surface area contributed by atoms with E-state index in [-0.39, 0.29) is 17.2 Å². The zero-order valence-corrected chi connectivity index (χ0v) is 18.1. The van der Waals surface area contributed by atoms with Crippen molar-refractivity contribution in [2.75, 3.05) is 5.32 Å². The molecule has 2 aromatic rings. The Kier molecular flexibility index (Phi) is 5.45. The maximum atomic E-state index is 12.8. The van der Waals surface area contributed by atoms with Gasteiger partial charge < -0.3 is 5.32 Å². The molecule has 6 rings (SSSR count). The maximum absolute atomic E-state index is 12.8. The number of hydrazine groups is 1. The van der Waals surface area contributed by atoms with Crippen LogP contribution in [0.5, 0.6) is 0 Å². The molecule has 0 radical (unpaired) electrons. The van der Waals surface area contributed by atoms with Crippen molar-refractivity contribution in [3.8, 4) is 0 Å². The monoisotopic (exact) mass is 431 g/mol. The minimum Gasteiger partial charge on any atom is -0.321 e. The highest BCUT2D eigenvalue weighted by Gasteiger charge is 2.51. The van der Waals surface area contributed by atoms with Gasteiger partial charge in [-0.05, 0) is 86.0 Å². The van der Waals surface area contributed by atoms with Crippen LogP contribution < -0.4 is 16.2 Å². The van der Waals surface area contributed by atoms with E-state index in [1.165, 1.54) is 19.3 Å². The molecule has 0 aliphatic heterocycles. The first kappa shape index (κ1) is 20.7. The van der Waals surface area contributed by atoms with E-state index in [2.05, 4.69) is 16.2 Å². The predicted octanol–water partition coefficient (Wildman–Crippen LogP) is 4.31. The Hall–Kier alpha value is -3.15. The molecule has 4 fully saturated rings. The average molecular weight is 432 g/mol. The second kappa shape index (κ2) is 8.41. The van der Waals surface area contributed by atoms with Crippen molar-refractivity contribution >= 4 is 23.4 Å². The van der Waals surface area contributed by atoms with Crippen LogP contribution in [0.25, 0.3) is 0 Å². The van der Waals surface area contributed by atoms with E-state index in [0.717, 1.165) is 37.0 Å². The summed E-state index contributed by atoms with van der Waals surface area (Å²) < 4.78 is 0. The van der Waals surface area contributed by atoms with Gasteiger partial charge in [0.15, 0.2) is 0 Å². The van der Waals surface area contributed by atoms with Crippen molar-refractivity contribution in [3.63, 3.8) is 0 Å². The van der Waals surface area contributed by atoms with Crippen molar-refractivity contribution in [1.82, 2.24) is 10.9 Å². The molecule has 0 saturated heterocycles. The fourth-order valence-corrected chi connectivity index (χ4v) is 6.66. The molecular weight excluding hydrogens is 402 g/mol. The van der Waals surface area contributed by atoms with E-state index >= 15 is 0 Å². The van der Waals surface area contributed by atoms with E-state index in [4.69, 9.17) is 0 Å². The number of anilines is 1. The second-order valence-electron chi connectivity index (χ2n) is 9.96. The number of hydrogen-bond donors (Lipinski definition) is 3. The number of rotatable bonds is 5. The van der Waals surface area contributed by atoms with Crippen LogP contribution in [-0.4, -0.2) is 17.7 Å². The van der Waals surface area contributed by atoms with Gasteiger partial charge >= 0.3 is 0 Å². The lowest BCUT2D eigenvalue weighted by molar-refractivity contribution is -0.130. The summed E-state index contributed by atoms with van der Waals surface area (Å²) in [4.78, 5) is 38.0. The van der Waals surface area contributed by atoms with Crippen LogP contribution in [0.2, 0.25) is 0 Å². The molecule has 3 N–H and O–H groups in total. The van der Waals surface area contributed by atoms with E-state index in [1.54, 1.807) is 48.5 Å². The van der Waals surface area contributed by atoms with Gasteiger partial charge in [0.1, 0.15) is 0 Å². The molecule has 6 nitrogen and oxygen atoms in total. The largest absolute Gasteiger partial charge is 0.321 e. The minimum atomic E-state index is -0.451. The third kappa shape index (κ3) is 4.27. The van der Waals surface area contributed by atoms with E-state index < -0.39 is 5.91 Å². The number of benzene rings is 2. The number of hydrogen-bond acceptors (Lipinski definition) is 3. The molecule has 0 heterocycles. The van der Waals surface area contributed by atoms with Gasteiger partial charge in [-0.25, -0.2) is 0 Å². The third-order valence-corrected chi connectivity index (χ3v) is 7.47. The van der Waals surface area contributed by atoms with Gasteiger partial charge in [-0.1, -0.05) is 30.3 Å². The van der Waals surface area contributed by atoms with Crippen LogP contribution in [0, 0.1) is 23.2 Å². The van der Waals surface area contributed by atoms with Crippen molar-refractivity contribution in [3.05, 3.63) is 65.7 Å². The second-order valence-corrected chi connectivity index (χ2v) is 9.96. The number of nitrogens with one attached hydrogen (secondary N) is 3. The highest BCUT2D eigenvalue weighted by Crippen LogP contribution is 2.61. The lowest BCUT2D eigenvalue weighted by atomic mass is 9.49. The quantitative estimate of drug-likeness (QED) is 0.617. The zero-order chi connectivity index (χ0) is 22.1. The van der Waals surface area contributed by atoms with Gasteiger partial charge in [0.25, 0.3) is 11.8 Å². The SMILES string of the molecule is O=C(CC12CC3CC(CC(C3)C1)C2)NNC(=O)c1ccccc1NC(=O)c1ccccc1. The summed E-state index contributed by atoms with van der Waals surface area (Å²) in [5, 5.41) is 2.79. The Balaban J connectivity index is 1.19. The molecule has 166 valence electrons.